The van der Waals surface area contributed by atoms with Crippen molar-refractivity contribution in [2.45, 2.75) is 13.0 Å². The van der Waals surface area contributed by atoms with Gasteiger partial charge < -0.3 is 14.8 Å². The molecule has 1 amide bonds. The summed E-state index contributed by atoms with van der Waals surface area (Å²) in [5.41, 5.74) is 1.85. The van der Waals surface area contributed by atoms with E-state index < -0.39 is 10.0 Å². The lowest BCUT2D eigenvalue weighted by atomic mass is 10.1. The molecule has 0 aromatic heterocycles. The number of benzene rings is 2. The Labute approximate surface area is 153 Å². The molecule has 0 fully saturated rings. The molecule has 0 spiro atoms. The van der Waals surface area contributed by atoms with Gasteiger partial charge in [-0.25, -0.2) is 8.42 Å². The van der Waals surface area contributed by atoms with Gasteiger partial charge in [-0.05, 0) is 17.7 Å². The van der Waals surface area contributed by atoms with Crippen molar-refractivity contribution in [2.24, 2.45) is 0 Å². The Hall–Kier alpha value is -2.74. The molecule has 140 valence electrons. The first-order valence-electron chi connectivity index (χ1n) is 7.85. The highest BCUT2D eigenvalue weighted by atomic mass is 32.2. The number of methoxy groups -OCH3 is 2. The molecule has 0 bridgehead atoms. The van der Waals surface area contributed by atoms with Crippen molar-refractivity contribution in [2.75, 3.05) is 25.2 Å². The van der Waals surface area contributed by atoms with Crippen LogP contribution in [-0.4, -0.2) is 34.8 Å². The zero-order valence-corrected chi connectivity index (χ0v) is 15.7. The third-order valence-corrected chi connectivity index (χ3v) is 4.22. The van der Waals surface area contributed by atoms with Gasteiger partial charge in [0.2, 0.25) is 15.9 Å². The lowest BCUT2D eigenvalue weighted by Crippen LogP contribution is -2.25. The number of carbonyl (C=O) groups is 1. The molecule has 0 unspecified atom stereocenters. The van der Waals surface area contributed by atoms with Crippen LogP contribution in [0.1, 0.15) is 11.1 Å². The normalized spacial score (nSPS) is 10.9. The van der Waals surface area contributed by atoms with E-state index in [1.165, 1.54) is 7.11 Å². The van der Waals surface area contributed by atoms with E-state index in [2.05, 4.69) is 10.0 Å². The number of carbonyl (C=O) groups excluding carboxylic acids is 1. The topological polar surface area (TPSA) is 93.7 Å². The van der Waals surface area contributed by atoms with Crippen LogP contribution in [0.5, 0.6) is 11.5 Å². The summed E-state index contributed by atoms with van der Waals surface area (Å²) in [7, 11) is -0.304. The van der Waals surface area contributed by atoms with Crippen molar-refractivity contribution in [1.82, 2.24) is 5.32 Å². The monoisotopic (exact) mass is 378 g/mol. The van der Waals surface area contributed by atoms with Crippen LogP contribution in [0.25, 0.3) is 0 Å². The number of sulfonamides is 1. The van der Waals surface area contributed by atoms with Crippen LogP contribution in [0, 0.1) is 0 Å². The smallest absolute Gasteiger partial charge is 0.229 e. The number of hydrogen-bond donors (Lipinski definition) is 2. The van der Waals surface area contributed by atoms with E-state index in [1.807, 2.05) is 0 Å². The maximum atomic E-state index is 12.3. The molecule has 26 heavy (non-hydrogen) atoms. The van der Waals surface area contributed by atoms with E-state index >= 15 is 0 Å². The highest BCUT2D eigenvalue weighted by molar-refractivity contribution is 7.92. The lowest BCUT2D eigenvalue weighted by molar-refractivity contribution is -0.120. The predicted octanol–water partition coefficient (Wildman–Crippen LogP) is 1.93. The Balaban J connectivity index is 2.04. The van der Waals surface area contributed by atoms with Gasteiger partial charge in [0.25, 0.3) is 0 Å². The quantitative estimate of drug-likeness (QED) is 0.732. The molecule has 0 aliphatic carbocycles. The second-order valence-electron chi connectivity index (χ2n) is 5.66. The first kappa shape index (κ1) is 19.6. The minimum atomic E-state index is -3.39. The Bertz CT molecular complexity index is 881. The summed E-state index contributed by atoms with van der Waals surface area (Å²) in [6.45, 7) is 0.204. The second kappa shape index (κ2) is 8.57. The Kier molecular flexibility index (Phi) is 6.46. The molecule has 8 heteroatoms. The first-order chi connectivity index (χ1) is 12.3. The average Bonchev–Trinajstić information content (AvgIpc) is 2.60. The van der Waals surface area contributed by atoms with Crippen LogP contribution < -0.4 is 19.5 Å². The van der Waals surface area contributed by atoms with E-state index in [0.29, 0.717) is 22.7 Å². The van der Waals surface area contributed by atoms with Gasteiger partial charge in [-0.2, -0.15) is 0 Å². The van der Waals surface area contributed by atoms with Gasteiger partial charge in [0.05, 0.1) is 32.6 Å². The number of amides is 1. The number of anilines is 1. The molecule has 0 heterocycles. The third-order valence-electron chi connectivity index (χ3n) is 3.63. The second-order valence-corrected chi connectivity index (χ2v) is 7.41. The first-order valence-corrected chi connectivity index (χ1v) is 9.75. The zero-order chi connectivity index (χ0) is 19.2. The molecule has 0 atom stereocenters. The van der Waals surface area contributed by atoms with Crippen molar-refractivity contribution in [3.05, 3.63) is 53.6 Å². The highest BCUT2D eigenvalue weighted by Crippen LogP contribution is 2.25. The van der Waals surface area contributed by atoms with Crippen LogP contribution in [0.15, 0.2) is 42.5 Å². The van der Waals surface area contributed by atoms with Crippen LogP contribution >= 0.6 is 0 Å². The molecular formula is C18H22N2O5S. The van der Waals surface area contributed by atoms with Gasteiger partial charge in [0.15, 0.2) is 0 Å². The third kappa shape index (κ3) is 5.66. The molecule has 0 saturated carbocycles. The summed E-state index contributed by atoms with van der Waals surface area (Å²) in [6.07, 6.45) is 1.22. The van der Waals surface area contributed by atoms with Gasteiger partial charge in [-0.3, -0.25) is 9.52 Å². The summed E-state index contributed by atoms with van der Waals surface area (Å²) in [4.78, 5) is 12.3. The molecular weight excluding hydrogens is 356 g/mol. The fourth-order valence-electron chi connectivity index (χ4n) is 2.40. The van der Waals surface area contributed by atoms with Crippen LogP contribution in [0.2, 0.25) is 0 Å². The maximum Gasteiger partial charge on any atom is 0.229 e. The van der Waals surface area contributed by atoms with Crippen LogP contribution in [0.3, 0.4) is 0 Å². The summed E-state index contributed by atoms with van der Waals surface area (Å²) in [5, 5.41) is 2.79. The lowest BCUT2D eigenvalue weighted by Gasteiger charge is -2.13. The van der Waals surface area contributed by atoms with Crippen LogP contribution in [-0.2, 0) is 27.8 Å². The molecule has 0 aliphatic rings. The number of nitrogens with one attached hydrogen (secondary N) is 2. The number of ether oxygens (including phenoxy) is 2. The summed E-state index contributed by atoms with van der Waals surface area (Å²) >= 11 is 0. The van der Waals surface area contributed by atoms with Gasteiger partial charge in [-0.15, -0.1) is 0 Å². The Morgan fingerprint density at radius 3 is 2.42 bits per heavy atom. The van der Waals surface area contributed by atoms with Gasteiger partial charge in [-0.1, -0.05) is 24.3 Å². The minimum Gasteiger partial charge on any atom is -0.497 e. The molecule has 0 radical (unpaired) electrons. The molecule has 0 aliphatic heterocycles. The van der Waals surface area contributed by atoms with Crippen molar-refractivity contribution >= 4 is 21.6 Å². The fourth-order valence-corrected chi connectivity index (χ4v) is 3.00. The van der Waals surface area contributed by atoms with E-state index in [0.717, 1.165) is 11.8 Å². The standard InChI is InChI=1S/C18H22N2O5S/c1-24-15-9-8-13(17(11-15)25-2)10-18(21)19-12-14-6-4-5-7-16(14)20-26(3,22)23/h4-9,11,20H,10,12H2,1-3H3,(H,19,21). The van der Waals surface area contributed by atoms with E-state index in [9.17, 15) is 13.2 Å². The summed E-state index contributed by atoms with van der Waals surface area (Å²) in [5.74, 6) is 1.01. The molecule has 2 aromatic rings. The van der Waals surface area contributed by atoms with Gasteiger partial charge in [0.1, 0.15) is 11.5 Å². The fraction of sp³-hybridized carbons (Fsp3) is 0.278. The summed E-state index contributed by atoms with van der Waals surface area (Å²) in [6, 6.07) is 12.2. The molecule has 0 saturated heterocycles. The molecule has 2 N–H and O–H groups in total. The van der Waals surface area contributed by atoms with Gasteiger partial charge >= 0.3 is 0 Å². The maximum absolute atomic E-state index is 12.3. The molecule has 2 rings (SSSR count). The van der Waals surface area contributed by atoms with Gasteiger partial charge in [0, 0.05) is 18.2 Å². The van der Waals surface area contributed by atoms with Crippen molar-refractivity contribution in [3.8, 4) is 11.5 Å². The Morgan fingerprint density at radius 2 is 1.77 bits per heavy atom. The van der Waals surface area contributed by atoms with Crippen molar-refractivity contribution in [3.63, 3.8) is 0 Å². The van der Waals surface area contributed by atoms with Crippen molar-refractivity contribution in [1.29, 1.82) is 0 Å². The van der Waals surface area contributed by atoms with Crippen molar-refractivity contribution < 1.29 is 22.7 Å². The number of hydrogen-bond acceptors (Lipinski definition) is 5. The summed E-state index contributed by atoms with van der Waals surface area (Å²) < 4.78 is 35.7. The minimum absolute atomic E-state index is 0.134. The van der Waals surface area contributed by atoms with Crippen LogP contribution in [0.4, 0.5) is 5.69 Å². The zero-order valence-electron chi connectivity index (χ0n) is 14.9. The highest BCUT2D eigenvalue weighted by Gasteiger charge is 2.12. The van der Waals surface area contributed by atoms with E-state index in [1.54, 1.807) is 49.6 Å². The van der Waals surface area contributed by atoms with E-state index in [4.69, 9.17) is 9.47 Å². The SMILES string of the molecule is COc1ccc(CC(=O)NCc2ccccc2NS(C)(=O)=O)c(OC)c1. The predicted molar refractivity (Wildman–Crippen MR) is 100 cm³/mol. The largest absolute Gasteiger partial charge is 0.497 e. The molecule has 2 aromatic carbocycles. The average molecular weight is 378 g/mol. The molecule has 7 nitrogen and oxygen atoms in total. The number of rotatable bonds is 8. The Morgan fingerprint density at radius 1 is 1.04 bits per heavy atom. The van der Waals surface area contributed by atoms with E-state index in [-0.39, 0.29) is 18.9 Å². The number of para-hydroxylation sites is 1.